The molecule has 1 amide bonds. The summed E-state index contributed by atoms with van der Waals surface area (Å²) in [6.07, 6.45) is 0. The fourth-order valence-corrected chi connectivity index (χ4v) is 2.08. The van der Waals surface area contributed by atoms with E-state index in [-0.39, 0.29) is 11.6 Å². The number of rotatable bonds is 3. The number of carbonyl (C=O) groups is 1. The molecular formula is C16H16N2O3. The van der Waals surface area contributed by atoms with E-state index in [0.29, 0.717) is 11.1 Å². The molecule has 0 spiro atoms. The van der Waals surface area contributed by atoms with Crippen molar-refractivity contribution >= 4 is 17.3 Å². The Bertz CT molecular complexity index is 723. The van der Waals surface area contributed by atoms with Crippen molar-refractivity contribution in [3.63, 3.8) is 0 Å². The molecule has 0 saturated heterocycles. The van der Waals surface area contributed by atoms with Crippen LogP contribution in [0.4, 0.5) is 11.4 Å². The summed E-state index contributed by atoms with van der Waals surface area (Å²) in [7, 11) is 0. The molecule has 0 saturated carbocycles. The average Bonchev–Trinajstić information content (AvgIpc) is 2.43. The first kappa shape index (κ1) is 14.7. The number of hydrogen-bond donors (Lipinski definition) is 1. The van der Waals surface area contributed by atoms with Gasteiger partial charge in [-0.05, 0) is 50.1 Å². The van der Waals surface area contributed by atoms with Crippen LogP contribution in [0.3, 0.4) is 0 Å². The Hall–Kier alpha value is -2.69. The second-order valence-corrected chi connectivity index (χ2v) is 4.96. The normalized spacial score (nSPS) is 10.2. The number of amides is 1. The Morgan fingerprint density at radius 1 is 1.10 bits per heavy atom. The second-order valence-electron chi connectivity index (χ2n) is 4.96. The molecule has 2 rings (SSSR count). The molecule has 108 valence electrons. The molecule has 0 unspecified atom stereocenters. The van der Waals surface area contributed by atoms with Gasteiger partial charge < -0.3 is 5.32 Å². The minimum atomic E-state index is -0.457. The number of benzene rings is 2. The number of nitro groups is 1. The van der Waals surface area contributed by atoms with Crippen molar-refractivity contribution in [2.24, 2.45) is 0 Å². The molecule has 0 bridgehead atoms. The highest BCUT2D eigenvalue weighted by atomic mass is 16.6. The van der Waals surface area contributed by atoms with Crippen LogP contribution in [0.25, 0.3) is 0 Å². The van der Waals surface area contributed by atoms with E-state index >= 15 is 0 Å². The van der Waals surface area contributed by atoms with Crippen molar-refractivity contribution in [2.75, 3.05) is 5.32 Å². The van der Waals surface area contributed by atoms with E-state index in [2.05, 4.69) is 5.32 Å². The highest BCUT2D eigenvalue weighted by Crippen LogP contribution is 2.21. The predicted octanol–water partition coefficient (Wildman–Crippen LogP) is 3.77. The van der Waals surface area contributed by atoms with Gasteiger partial charge in [-0.25, -0.2) is 0 Å². The summed E-state index contributed by atoms with van der Waals surface area (Å²) in [5.41, 5.74) is 3.72. The first-order valence-electron chi connectivity index (χ1n) is 6.52. The molecule has 0 heterocycles. The Balaban J connectivity index is 2.27. The molecule has 0 radical (unpaired) electrons. The lowest BCUT2D eigenvalue weighted by Gasteiger charge is -2.10. The summed E-state index contributed by atoms with van der Waals surface area (Å²) in [6, 6.07) is 10.0. The van der Waals surface area contributed by atoms with Gasteiger partial charge >= 0.3 is 0 Å². The molecule has 1 N–H and O–H groups in total. The smallest absolute Gasteiger partial charge is 0.272 e. The zero-order valence-electron chi connectivity index (χ0n) is 12.1. The van der Waals surface area contributed by atoms with Crippen molar-refractivity contribution in [2.45, 2.75) is 20.8 Å². The molecular weight excluding hydrogens is 268 g/mol. The van der Waals surface area contributed by atoms with Crippen LogP contribution < -0.4 is 5.32 Å². The van der Waals surface area contributed by atoms with Gasteiger partial charge in [-0.3, -0.25) is 14.9 Å². The molecule has 0 fully saturated rings. The van der Waals surface area contributed by atoms with Crippen molar-refractivity contribution < 1.29 is 9.72 Å². The van der Waals surface area contributed by atoms with Crippen LogP contribution in [0.1, 0.15) is 27.0 Å². The fourth-order valence-electron chi connectivity index (χ4n) is 2.08. The Labute approximate surface area is 122 Å². The molecule has 0 aromatic heterocycles. The van der Waals surface area contributed by atoms with Gasteiger partial charge in [-0.2, -0.15) is 0 Å². The van der Waals surface area contributed by atoms with Crippen LogP contribution in [0.15, 0.2) is 36.4 Å². The van der Waals surface area contributed by atoms with Gasteiger partial charge in [0.1, 0.15) is 0 Å². The zero-order valence-corrected chi connectivity index (χ0v) is 12.1. The van der Waals surface area contributed by atoms with Gasteiger partial charge in [0.25, 0.3) is 11.6 Å². The summed E-state index contributed by atoms with van der Waals surface area (Å²) in [6.45, 7) is 5.53. The third kappa shape index (κ3) is 3.08. The van der Waals surface area contributed by atoms with E-state index in [1.165, 1.54) is 18.2 Å². The summed E-state index contributed by atoms with van der Waals surface area (Å²) >= 11 is 0. The second kappa shape index (κ2) is 5.75. The quantitative estimate of drug-likeness (QED) is 0.688. The van der Waals surface area contributed by atoms with Gasteiger partial charge in [0.2, 0.25) is 0 Å². The topological polar surface area (TPSA) is 72.2 Å². The monoisotopic (exact) mass is 284 g/mol. The van der Waals surface area contributed by atoms with E-state index in [0.717, 1.165) is 16.8 Å². The standard InChI is InChI=1S/C16H16N2O3/c1-10-5-4-6-14(12(10)3)17-16(19)13-7-8-15(18(20)21)11(2)9-13/h4-9H,1-3H3,(H,17,19). The number of anilines is 1. The van der Waals surface area contributed by atoms with Crippen molar-refractivity contribution in [3.05, 3.63) is 68.8 Å². The van der Waals surface area contributed by atoms with Crippen LogP contribution in [0.2, 0.25) is 0 Å². The van der Waals surface area contributed by atoms with Gasteiger partial charge in [-0.15, -0.1) is 0 Å². The third-order valence-electron chi connectivity index (χ3n) is 3.51. The SMILES string of the molecule is Cc1cc(C(=O)Nc2cccc(C)c2C)ccc1[N+](=O)[O-]. The molecule has 0 aliphatic carbocycles. The zero-order chi connectivity index (χ0) is 15.6. The van der Waals surface area contributed by atoms with E-state index in [4.69, 9.17) is 0 Å². The summed E-state index contributed by atoms with van der Waals surface area (Å²) < 4.78 is 0. The lowest BCUT2D eigenvalue weighted by Crippen LogP contribution is -2.13. The largest absolute Gasteiger partial charge is 0.322 e. The van der Waals surface area contributed by atoms with Gasteiger partial charge in [0.15, 0.2) is 0 Å². The average molecular weight is 284 g/mol. The fraction of sp³-hybridized carbons (Fsp3) is 0.188. The van der Waals surface area contributed by atoms with Crippen molar-refractivity contribution in [3.8, 4) is 0 Å². The maximum absolute atomic E-state index is 12.2. The van der Waals surface area contributed by atoms with Gasteiger partial charge in [-0.1, -0.05) is 12.1 Å². The van der Waals surface area contributed by atoms with Crippen LogP contribution >= 0.6 is 0 Å². The minimum Gasteiger partial charge on any atom is -0.322 e. The molecule has 2 aromatic rings. The van der Waals surface area contributed by atoms with E-state index in [1.54, 1.807) is 6.92 Å². The number of carbonyl (C=O) groups excluding carboxylic acids is 1. The predicted molar refractivity (Wildman–Crippen MR) is 81.7 cm³/mol. The number of nitrogens with zero attached hydrogens (tertiary/aromatic N) is 1. The molecule has 5 nitrogen and oxygen atoms in total. The van der Waals surface area contributed by atoms with Crippen LogP contribution in [0, 0.1) is 30.9 Å². The maximum Gasteiger partial charge on any atom is 0.272 e. The summed E-state index contributed by atoms with van der Waals surface area (Å²) in [4.78, 5) is 22.6. The Kier molecular flexibility index (Phi) is 4.03. The third-order valence-corrected chi connectivity index (χ3v) is 3.51. The number of hydrogen-bond acceptors (Lipinski definition) is 3. The highest BCUT2D eigenvalue weighted by molar-refractivity contribution is 6.05. The minimum absolute atomic E-state index is 0.0123. The van der Waals surface area contributed by atoms with Gasteiger partial charge in [0, 0.05) is 22.9 Å². The van der Waals surface area contributed by atoms with E-state index in [1.807, 2.05) is 32.0 Å². The number of nitro benzene ring substituents is 1. The van der Waals surface area contributed by atoms with Crippen molar-refractivity contribution in [1.29, 1.82) is 0 Å². The molecule has 0 aliphatic heterocycles. The van der Waals surface area contributed by atoms with Crippen molar-refractivity contribution in [1.82, 2.24) is 0 Å². The van der Waals surface area contributed by atoms with Crippen LogP contribution in [0.5, 0.6) is 0 Å². The first-order valence-corrected chi connectivity index (χ1v) is 6.52. The number of nitrogens with one attached hydrogen (secondary N) is 1. The van der Waals surface area contributed by atoms with E-state index < -0.39 is 4.92 Å². The van der Waals surface area contributed by atoms with Crippen LogP contribution in [-0.4, -0.2) is 10.8 Å². The highest BCUT2D eigenvalue weighted by Gasteiger charge is 2.14. The molecule has 0 atom stereocenters. The Morgan fingerprint density at radius 2 is 1.81 bits per heavy atom. The first-order chi connectivity index (χ1) is 9.90. The maximum atomic E-state index is 12.2. The van der Waals surface area contributed by atoms with Crippen LogP contribution in [-0.2, 0) is 0 Å². The lowest BCUT2D eigenvalue weighted by molar-refractivity contribution is -0.385. The Morgan fingerprint density at radius 3 is 2.43 bits per heavy atom. The van der Waals surface area contributed by atoms with Gasteiger partial charge in [0.05, 0.1) is 4.92 Å². The molecule has 0 aliphatic rings. The summed E-state index contributed by atoms with van der Waals surface area (Å²) in [5.74, 6) is -0.276. The molecule has 21 heavy (non-hydrogen) atoms. The lowest BCUT2D eigenvalue weighted by atomic mass is 10.1. The molecule has 2 aromatic carbocycles. The molecule has 5 heteroatoms. The summed E-state index contributed by atoms with van der Waals surface area (Å²) in [5, 5.41) is 13.6. The number of aryl methyl sites for hydroxylation is 2. The van der Waals surface area contributed by atoms with E-state index in [9.17, 15) is 14.9 Å².